The van der Waals surface area contributed by atoms with Gasteiger partial charge in [0.1, 0.15) is 0 Å². The zero-order chi connectivity index (χ0) is 9.97. The Bertz CT molecular complexity index is 441. The third-order valence-corrected chi connectivity index (χ3v) is 2.06. The summed E-state index contributed by atoms with van der Waals surface area (Å²) in [6.45, 7) is 1.89. The molecule has 0 unspecified atom stereocenters. The van der Waals surface area contributed by atoms with Crippen molar-refractivity contribution in [2.24, 2.45) is 0 Å². The molecule has 0 amide bonds. The molecule has 2 aromatic rings. The summed E-state index contributed by atoms with van der Waals surface area (Å²) in [6.07, 6.45) is 1.72. The van der Waals surface area contributed by atoms with E-state index in [-0.39, 0.29) is 5.88 Å². The van der Waals surface area contributed by atoms with E-state index in [2.05, 4.69) is 15.1 Å². The van der Waals surface area contributed by atoms with Gasteiger partial charge in [-0.1, -0.05) is 5.16 Å². The predicted molar refractivity (Wildman–Crippen MR) is 51.8 cm³/mol. The molecule has 0 radical (unpaired) electrons. The highest BCUT2D eigenvalue weighted by Crippen LogP contribution is 2.19. The number of rotatable bonds is 2. The molecule has 72 valence electrons. The van der Waals surface area contributed by atoms with Gasteiger partial charge in [-0.2, -0.15) is 4.98 Å². The summed E-state index contributed by atoms with van der Waals surface area (Å²) >= 11 is 5.57. The fourth-order valence-electron chi connectivity index (χ4n) is 1.13. The zero-order valence-electron chi connectivity index (χ0n) is 7.57. The number of hydrogen-bond acceptors (Lipinski definition) is 4. The van der Waals surface area contributed by atoms with Gasteiger partial charge in [0.25, 0.3) is 5.89 Å². The molecule has 2 rings (SSSR count). The minimum atomic E-state index is 0.253. The lowest BCUT2D eigenvalue weighted by Crippen LogP contribution is -1.86. The van der Waals surface area contributed by atoms with Crippen molar-refractivity contribution in [1.29, 1.82) is 0 Å². The first kappa shape index (κ1) is 9.15. The SMILES string of the molecule is Cc1ncccc1-c1nc(CCl)no1. The average Bonchev–Trinajstić information content (AvgIpc) is 2.67. The Morgan fingerprint density at radius 2 is 2.36 bits per heavy atom. The number of halogens is 1. The molecule has 2 aromatic heterocycles. The number of aryl methyl sites for hydroxylation is 1. The number of alkyl halides is 1. The second-order valence-corrected chi connectivity index (χ2v) is 3.05. The van der Waals surface area contributed by atoms with Crippen LogP contribution >= 0.6 is 11.6 Å². The summed E-state index contributed by atoms with van der Waals surface area (Å²) in [7, 11) is 0. The van der Waals surface area contributed by atoms with Crippen molar-refractivity contribution >= 4 is 11.6 Å². The van der Waals surface area contributed by atoms with Crippen LogP contribution in [0.4, 0.5) is 0 Å². The molecule has 0 aromatic carbocycles. The van der Waals surface area contributed by atoms with E-state index < -0.39 is 0 Å². The van der Waals surface area contributed by atoms with Crippen LogP contribution in [0.15, 0.2) is 22.9 Å². The van der Waals surface area contributed by atoms with Crippen LogP contribution in [0.25, 0.3) is 11.5 Å². The maximum absolute atomic E-state index is 5.57. The van der Waals surface area contributed by atoms with E-state index in [1.807, 2.05) is 19.1 Å². The van der Waals surface area contributed by atoms with E-state index in [0.717, 1.165) is 11.3 Å². The normalized spacial score (nSPS) is 10.4. The van der Waals surface area contributed by atoms with Crippen molar-refractivity contribution in [3.63, 3.8) is 0 Å². The van der Waals surface area contributed by atoms with E-state index >= 15 is 0 Å². The van der Waals surface area contributed by atoms with E-state index in [9.17, 15) is 0 Å². The van der Waals surface area contributed by atoms with Gasteiger partial charge in [0, 0.05) is 11.9 Å². The molecule has 0 saturated carbocycles. The topological polar surface area (TPSA) is 51.8 Å². The lowest BCUT2D eigenvalue weighted by molar-refractivity contribution is 0.424. The molecule has 0 aliphatic carbocycles. The number of pyridine rings is 1. The lowest BCUT2D eigenvalue weighted by atomic mass is 10.2. The summed E-state index contributed by atoms with van der Waals surface area (Å²) in [5, 5.41) is 3.71. The molecule has 0 aliphatic heterocycles. The summed E-state index contributed by atoms with van der Waals surface area (Å²) < 4.78 is 5.04. The van der Waals surface area contributed by atoms with Gasteiger partial charge >= 0.3 is 0 Å². The molecule has 0 bridgehead atoms. The smallest absolute Gasteiger partial charge is 0.259 e. The van der Waals surface area contributed by atoms with Crippen LogP contribution in [0.5, 0.6) is 0 Å². The highest BCUT2D eigenvalue weighted by Gasteiger charge is 2.10. The fraction of sp³-hybridized carbons (Fsp3) is 0.222. The van der Waals surface area contributed by atoms with Crippen molar-refractivity contribution in [1.82, 2.24) is 15.1 Å². The van der Waals surface area contributed by atoms with Crippen molar-refractivity contribution in [2.75, 3.05) is 0 Å². The summed E-state index contributed by atoms with van der Waals surface area (Å²) in [5.41, 5.74) is 1.70. The van der Waals surface area contributed by atoms with Crippen molar-refractivity contribution in [3.8, 4) is 11.5 Å². The molecular formula is C9H8ClN3O. The van der Waals surface area contributed by atoms with Gasteiger partial charge in [0.15, 0.2) is 5.82 Å². The molecule has 0 N–H and O–H groups in total. The van der Waals surface area contributed by atoms with Crippen LogP contribution in [-0.2, 0) is 5.88 Å². The van der Waals surface area contributed by atoms with Crippen molar-refractivity contribution in [2.45, 2.75) is 12.8 Å². The van der Waals surface area contributed by atoms with Gasteiger partial charge in [-0.25, -0.2) is 0 Å². The molecule has 0 fully saturated rings. The summed E-state index contributed by atoms with van der Waals surface area (Å²) in [4.78, 5) is 8.24. The minimum Gasteiger partial charge on any atom is -0.334 e. The first-order chi connectivity index (χ1) is 6.81. The minimum absolute atomic E-state index is 0.253. The molecule has 5 heteroatoms. The van der Waals surface area contributed by atoms with Gasteiger partial charge in [0.05, 0.1) is 11.4 Å². The second-order valence-electron chi connectivity index (χ2n) is 2.79. The van der Waals surface area contributed by atoms with Crippen LogP contribution in [0.1, 0.15) is 11.5 Å². The maximum atomic E-state index is 5.57. The quantitative estimate of drug-likeness (QED) is 0.712. The zero-order valence-corrected chi connectivity index (χ0v) is 8.32. The van der Waals surface area contributed by atoms with Crippen LogP contribution in [0.2, 0.25) is 0 Å². The molecule has 14 heavy (non-hydrogen) atoms. The fourth-order valence-corrected chi connectivity index (χ4v) is 1.24. The van der Waals surface area contributed by atoms with Crippen LogP contribution in [0, 0.1) is 6.92 Å². The Balaban J connectivity index is 2.44. The molecule has 2 heterocycles. The van der Waals surface area contributed by atoms with Crippen molar-refractivity contribution < 1.29 is 4.52 Å². The number of hydrogen-bond donors (Lipinski definition) is 0. The standard InChI is InChI=1S/C9H8ClN3O/c1-6-7(3-2-4-11-6)9-12-8(5-10)13-14-9/h2-4H,5H2,1H3. The molecule has 0 aliphatic rings. The maximum Gasteiger partial charge on any atom is 0.259 e. The highest BCUT2D eigenvalue weighted by molar-refractivity contribution is 6.16. The van der Waals surface area contributed by atoms with Crippen LogP contribution in [-0.4, -0.2) is 15.1 Å². The summed E-state index contributed by atoms with van der Waals surface area (Å²) in [5.74, 6) is 1.21. The molecule has 0 atom stereocenters. The Hall–Kier alpha value is -1.42. The van der Waals surface area contributed by atoms with Crippen molar-refractivity contribution in [3.05, 3.63) is 29.8 Å². The predicted octanol–water partition coefficient (Wildman–Crippen LogP) is 2.18. The Morgan fingerprint density at radius 3 is 3.00 bits per heavy atom. The van der Waals surface area contributed by atoms with Crippen LogP contribution < -0.4 is 0 Å². The molecule has 0 spiro atoms. The Morgan fingerprint density at radius 1 is 1.50 bits per heavy atom. The van der Waals surface area contributed by atoms with Gasteiger partial charge in [-0.05, 0) is 19.1 Å². The third-order valence-electron chi connectivity index (χ3n) is 1.82. The number of nitrogens with zero attached hydrogens (tertiary/aromatic N) is 3. The highest BCUT2D eigenvalue weighted by atomic mass is 35.5. The Kier molecular flexibility index (Phi) is 2.45. The van der Waals surface area contributed by atoms with Gasteiger partial charge in [0.2, 0.25) is 0 Å². The molecule has 0 saturated heterocycles. The van der Waals surface area contributed by atoms with E-state index in [0.29, 0.717) is 11.7 Å². The largest absolute Gasteiger partial charge is 0.334 e. The average molecular weight is 210 g/mol. The molecular weight excluding hydrogens is 202 g/mol. The third kappa shape index (κ3) is 1.61. The van der Waals surface area contributed by atoms with Gasteiger partial charge in [-0.3, -0.25) is 4.98 Å². The van der Waals surface area contributed by atoms with Crippen LogP contribution in [0.3, 0.4) is 0 Å². The summed E-state index contributed by atoms with van der Waals surface area (Å²) in [6, 6.07) is 3.71. The number of aromatic nitrogens is 3. The molecule has 4 nitrogen and oxygen atoms in total. The van der Waals surface area contributed by atoms with E-state index in [1.54, 1.807) is 6.20 Å². The Labute approximate surface area is 85.9 Å². The van der Waals surface area contributed by atoms with Gasteiger partial charge < -0.3 is 4.52 Å². The lowest BCUT2D eigenvalue weighted by Gasteiger charge is -1.96. The first-order valence-corrected chi connectivity index (χ1v) is 4.65. The second kappa shape index (κ2) is 3.75. The van der Waals surface area contributed by atoms with Gasteiger partial charge in [-0.15, -0.1) is 11.6 Å². The van der Waals surface area contributed by atoms with E-state index in [4.69, 9.17) is 16.1 Å². The monoisotopic (exact) mass is 209 g/mol. The first-order valence-electron chi connectivity index (χ1n) is 4.12. The van der Waals surface area contributed by atoms with E-state index in [1.165, 1.54) is 0 Å².